The summed E-state index contributed by atoms with van der Waals surface area (Å²) in [4.78, 5) is 25.1. The minimum absolute atomic E-state index is 0.0417. The SMILES string of the molecule is CCc1nc(CN2CCN(C(=O)c3scnc3Cl)CC2)no1. The fourth-order valence-corrected chi connectivity index (χ4v) is 3.29. The summed E-state index contributed by atoms with van der Waals surface area (Å²) in [6.45, 7) is 5.49. The van der Waals surface area contributed by atoms with Crippen molar-refractivity contribution in [2.45, 2.75) is 19.9 Å². The van der Waals surface area contributed by atoms with E-state index < -0.39 is 0 Å². The molecule has 0 N–H and O–H groups in total. The van der Waals surface area contributed by atoms with Crippen LogP contribution in [0, 0.1) is 0 Å². The topological polar surface area (TPSA) is 75.4 Å². The van der Waals surface area contributed by atoms with Gasteiger partial charge in [0.25, 0.3) is 5.91 Å². The average molecular weight is 342 g/mol. The molecule has 1 amide bonds. The second-order valence-electron chi connectivity index (χ2n) is 5.00. The number of carbonyl (C=O) groups excluding carboxylic acids is 1. The Morgan fingerprint density at radius 3 is 2.77 bits per heavy atom. The molecular formula is C13H16ClN5O2S. The molecule has 0 aromatic carbocycles. The molecule has 1 aliphatic rings. The zero-order valence-electron chi connectivity index (χ0n) is 12.2. The lowest BCUT2D eigenvalue weighted by atomic mass is 10.3. The highest BCUT2D eigenvalue weighted by Crippen LogP contribution is 2.21. The number of hydrogen-bond acceptors (Lipinski definition) is 7. The quantitative estimate of drug-likeness (QED) is 0.842. The highest BCUT2D eigenvalue weighted by atomic mass is 35.5. The van der Waals surface area contributed by atoms with E-state index in [1.807, 2.05) is 11.8 Å². The van der Waals surface area contributed by atoms with E-state index in [-0.39, 0.29) is 11.1 Å². The largest absolute Gasteiger partial charge is 0.339 e. The molecule has 0 unspecified atom stereocenters. The minimum Gasteiger partial charge on any atom is -0.339 e. The standard InChI is InChI=1S/C13H16ClN5O2S/c1-2-10-16-9(17-21-10)7-18-3-5-19(6-4-18)13(20)11-12(14)15-8-22-11/h8H,2-7H2,1H3. The smallest absolute Gasteiger partial charge is 0.267 e. The van der Waals surface area contributed by atoms with Crippen molar-refractivity contribution in [1.82, 2.24) is 24.9 Å². The van der Waals surface area contributed by atoms with Crippen molar-refractivity contribution in [3.8, 4) is 0 Å². The van der Waals surface area contributed by atoms with Crippen molar-refractivity contribution >= 4 is 28.8 Å². The van der Waals surface area contributed by atoms with Gasteiger partial charge in [-0.25, -0.2) is 4.98 Å². The molecule has 9 heteroatoms. The third kappa shape index (κ3) is 3.29. The van der Waals surface area contributed by atoms with Gasteiger partial charge in [-0.2, -0.15) is 4.98 Å². The first-order valence-corrected chi connectivity index (χ1v) is 8.35. The van der Waals surface area contributed by atoms with E-state index in [4.69, 9.17) is 16.1 Å². The van der Waals surface area contributed by atoms with Crippen LogP contribution in [-0.2, 0) is 13.0 Å². The van der Waals surface area contributed by atoms with Crippen LogP contribution in [0.15, 0.2) is 10.0 Å². The number of nitrogens with zero attached hydrogens (tertiary/aromatic N) is 5. The highest BCUT2D eigenvalue weighted by Gasteiger charge is 2.25. The first-order valence-electron chi connectivity index (χ1n) is 7.09. The number of halogens is 1. The Bertz CT molecular complexity index is 650. The van der Waals surface area contributed by atoms with Gasteiger partial charge in [0.05, 0.1) is 12.1 Å². The van der Waals surface area contributed by atoms with Crippen molar-refractivity contribution < 1.29 is 9.32 Å². The molecule has 1 saturated heterocycles. The third-order valence-electron chi connectivity index (χ3n) is 3.56. The molecule has 1 aliphatic heterocycles. The molecule has 0 atom stereocenters. The van der Waals surface area contributed by atoms with Gasteiger partial charge in [0.1, 0.15) is 4.88 Å². The summed E-state index contributed by atoms with van der Waals surface area (Å²) >= 11 is 7.20. The molecule has 2 aromatic heterocycles. The van der Waals surface area contributed by atoms with Crippen LogP contribution in [0.1, 0.15) is 28.3 Å². The second-order valence-corrected chi connectivity index (χ2v) is 6.21. The van der Waals surface area contributed by atoms with Crippen LogP contribution in [0.25, 0.3) is 0 Å². The van der Waals surface area contributed by atoms with Crippen LogP contribution >= 0.6 is 22.9 Å². The summed E-state index contributed by atoms with van der Waals surface area (Å²) in [6, 6.07) is 0. The second kappa shape index (κ2) is 6.72. The number of carbonyl (C=O) groups is 1. The number of hydrogen-bond donors (Lipinski definition) is 0. The van der Waals surface area contributed by atoms with Gasteiger partial charge in [-0.1, -0.05) is 23.7 Å². The normalized spacial score (nSPS) is 16.2. The zero-order valence-corrected chi connectivity index (χ0v) is 13.7. The zero-order chi connectivity index (χ0) is 15.5. The maximum atomic E-state index is 12.3. The molecule has 3 rings (SSSR count). The minimum atomic E-state index is -0.0417. The Morgan fingerprint density at radius 2 is 2.18 bits per heavy atom. The maximum absolute atomic E-state index is 12.3. The van der Waals surface area contributed by atoms with Gasteiger partial charge in [0.15, 0.2) is 11.0 Å². The number of rotatable bonds is 4. The molecule has 0 spiro atoms. The Hall–Kier alpha value is -1.51. The van der Waals surface area contributed by atoms with Crippen LogP contribution in [0.5, 0.6) is 0 Å². The summed E-state index contributed by atoms with van der Waals surface area (Å²) < 4.78 is 5.10. The third-order valence-corrected chi connectivity index (χ3v) is 4.77. The van der Waals surface area contributed by atoms with Crippen LogP contribution in [-0.4, -0.2) is 57.0 Å². The van der Waals surface area contributed by atoms with E-state index in [1.165, 1.54) is 11.3 Å². The van der Waals surface area contributed by atoms with Crippen LogP contribution in [0.4, 0.5) is 0 Å². The lowest BCUT2D eigenvalue weighted by Crippen LogP contribution is -2.48. The molecule has 2 aromatic rings. The van der Waals surface area contributed by atoms with E-state index in [0.29, 0.717) is 36.2 Å². The number of piperazine rings is 1. The van der Waals surface area contributed by atoms with Gasteiger partial charge in [-0.05, 0) is 0 Å². The monoisotopic (exact) mass is 341 g/mol. The lowest BCUT2D eigenvalue weighted by Gasteiger charge is -2.33. The molecule has 7 nitrogen and oxygen atoms in total. The van der Waals surface area contributed by atoms with Crippen LogP contribution < -0.4 is 0 Å². The van der Waals surface area contributed by atoms with E-state index in [2.05, 4.69) is 20.0 Å². The molecule has 0 saturated carbocycles. The van der Waals surface area contributed by atoms with Gasteiger partial charge >= 0.3 is 0 Å². The molecule has 0 radical (unpaired) electrons. The number of aromatic nitrogens is 3. The Morgan fingerprint density at radius 1 is 1.41 bits per heavy atom. The summed E-state index contributed by atoms with van der Waals surface area (Å²) in [6.07, 6.45) is 0.741. The summed E-state index contributed by atoms with van der Waals surface area (Å²) in [5, 5.41) is 4.24. The molecule has 0 aliphatic carbocycles. The summed E-state index contributed by atoms with van der Waals surface area (Å²) in [7, 11) is 0. The van der Waals surface area contributed by atoms with Crippen molar-refractivity contribution in [1.29, 1.82) is 0 Å². The van der Waals surface area contributed by atoms with Crippen molar-refractivity contribution in [2.24, 2.45) is 0 Å². The average Bonchev–Trinajstić information content (AvgIpc) is 3.16. The molecule has 0 bridgehead atoms. The summed E-state index contributed by atoms with van der Waals surface area (Å²) in [5.41, 5.74) is 1.59. The maximum Gasteiger partial charge on any atom is 0.267 e. The van der Waals surface area contributed by atoms with Gasteiger partial charge in [-0.15, -0.1) is 11.3 Å². The van der Waals surface area contributed by atoms with E-state index in [0.717, 1.165) is 19.5 Å². The number of aryl methyl sites for hydroxylation is 1. The van der Waals surface area contributed by atoms with E-state index >= 15 is 0 Å². The van der Waals surface area contributed by atoms with Gasteiger partial charge in [0, 0.05) is 32.6 Å². The first kappa shape index (κ1) is 15.4. The fourth-order valence-electron chi connectivity index (χ4n) is 2.32. The molecular weight excluding hydrogens is 326 g/mol. The Labute approximate surface area is 136 Å². The van der Waals surface area contributed by atoms with E-state index in [9.17, 15) is 4.79 Å². The number of thiazole rings is 1. The van der Waals surface area contributed by atoms with Crippen molar-refractivity contribution in [2.75, 3.05) is 26.2 Å². The van der Waals surface area contributed by atoms with Gasteiger partial charge in [-0.3, -0.25) is 9.69 Å². The summed E-state index contributed by atoms with van der Waals surface area (Å²) in [5.74, 6) is 1.31. The Balaban J connectivity index is 1.54. The first-order chi connectivity index (χ1) is 10.7. The predicted octanol–water partition coefficient (Wildman–Crippen LogP) is 1.70. The van der Waals surface area contributed by atoms with Crippen molar-refractivity contribution in [3.63, 3.8) is 0 Å². The lowest BCUT2D eigenvalue weighted by molar-refractivity contribution is 0.0629. The van der Waals surface area contributed by atoms with Crippen LogP contribution in [0.2, 0.25) is 5.15 Å². The van der Waals surface area contributed by atoms with Gasteiger partial charge < -0.3 is 9.42 Å². The highest BCUT2D eigenvalue weighted by molar-refractivity contribution is 7.12. The molecule has 22 heavy (non-hydrogen) atoms. The predicted molar refractivity (Wildman–Crippen MR) is 82.0 cm³/mol. The Kier molecular flexibility index (Phi) is 4.70. The molecule has 3 heterocycles. The molecule has 118 valence electrons. The number of amides is 1. The van der Waals surface area contributed by atoms with E-state index in [1.54, 1.807) is 5.51 Å². The van der Waals surface area contributed by atoms with Crippen molar-refractivity contribution in [3.05, 3.63) is 27.3 Å². The van der Waals surface area contributed by atoms with Gasteiger partial charge in [0.2, 0.25) is 5.89 Å². The fraction of sp³-hybridized carbons (Fsp3) is 0.538. The van der Waals surface area contributed by atoms with Crippen LogP contribution in [0.3, 0.4) is 0 Å². The molecule has 1 fully saturated rings.